The Hall–Kier alpha value is -0.340. The van der Waals surface area contributed by atoms with Gasteiger partial charge in [-0.25, -0.2) is 0 Å². The van der Waals surface area contributed by atoms with Crippen LogP contribution < -0.4 is 5.32 Å². The van der Waals surface area contributed by atoms with E-state index in [0.29, 0.717) is 6.04 Å². The Morgan fingerprint density at radius 1 is 1.22 bits per heavy atom. The van der Waals surface area contributed by atoms with Crippen LogP contribution in [0.25, 0.3) is 0 Å². The molecule has 0 bridgehead atoms. The maximum Gasteiger partial charge on any atom is 0.0126 e. The van der Waals surface area contributed by atoms with Crippen LogP contribution in [-0.2, 0) is 6.42 Å². The molecule has 2 saturated carbocycles. The lowest BCUT2D eigenvalue weighted by Gasteiger charge is -2.44. The maximum absolute atomic E-state index is 3.96. The SMILES string of the molecule is CC(Cc1ccsc1)NC(C1CCC1)C1CCC1. The van der Waals surface area contributed by atoms with Gasteiger partial charge in [-0.3, -0.25) is 0 Å². The number of hydrogen-bond acceptors (Lipinski definition) is 2. The summed E-state index contributed by atoms with van der Waals surface area (Å²) in [6, 6.07) is 3.72. The van der Waals surface area contributed by atoms with Crippen LogP contribution >= 0.6 is 11.3 Å². The smallest absolute Gasteiger partial charge is 0.0126 e. The van der Waals surface area contributed by atoms with Gasteiger partial charge in [-0.05, 0) is 73.3 Å². The molecule has 2 aliphatic rings. The average Bonchev–Trinajstić information content (AvgIpc) is 2.64. The van der Waals surface area contributed by atoms with E-state index >= 15 is 0 Å². The molecule has 2 heteroatoms. The summed E-state index contributed by atoms with van der Waals surface area (Å²) in [5.41, 5.74) is 1.50. The van der Waals surface area contributed by atoms with Gasteiger partial charge in [0.15, 0.2) is 0 Å². The first kappa shape index (κ1) is 12.7. The first-order chi connectivity index (χ1) is 8.83. The zero-order chi connectivity index (χ0) is 12.4. The second-order valence-electron chi connectivity index (χ2n) is 6.31. The second-order valence-corrected chi connectivity index (χ2v) is 7.09. The van der Waals surface area contributed by atoms with Crippen molar-refractivity contribution in [2.75, 3.05) is 0 Å². The van der Waals surface area contributed by atoms with Gasteiger partial charge >= 0.3 is 0 Å². The maximum atomic E-state index is 3.96. The van der Waals surface area contributed by atoms with Crippen molar-refractivity contribution in [3.8, 4) is 0 Å². The van der Waals surface area contributed by atoms with Gasteiger partial charge in [0.25, 0.3) is 0 Å². The van der Waals surface area contributed by atoms with Crippen molar-refractivity contribution in [3.63, 3.8) is 0 Å². The third-order valence-electron chi connectivity index (χ3n) is 4.91. The Bertz CT molecular complexity index is 337. The zero-order valence-corrected chi connectivity index (χ0v) is 12.2. The molecule has 2 aliphatic carbocycles. The fraction of sp³-hybridized carbons (Fsp3) is 0.750. The van der Waals surface area contributed by atoms with E-state index in [2.05, 4.69) is 29.1 Å². The molecule has 1 N–H and O–H groups in total. The largest absolute Gasteiger partial charge is 0.311 e. The summed E-state index contributed by atoms with van der Waals surface area (Å²) >= 11 is 1.82. The van der Waals surface area contributed by atoms with Crippen molar-refractivity contribution < 1.29 is 0 Å². The lowest BCUT2D eigenvalue weighted by molar-refractivity contribution is 0.115. The fourth-order valence-corrected chi connectivity index (χ4v) is 4.09. The highest BCUT2D eigenvalue weighted by atomic mass is 32.1. The van der Waals surface area contributed by atoms with E-state index in [0.717, 1.165) is 17.9 Å². The Labute approximate surface area is 115 Å². The summed E-state index contributed by atoms with van der Waals surface area (Å²) in [4.78, 5) is 0. The highest BCUT2D eigenvalue weighted by Gasteiger charge is 2.36. The van der Waals surface area contributed by atoms with Crippen LogP contribution in [0.4, 0.5) is 0 Å². The van der Waals surface area contributed by atoms with Gasteiger partial charge in [0.2, 0.25) is 0 Å². The van der Waals surface area contributed by atoms with E-state index in [-0.39, 0.29) is 0 Å². The minimum absolute atomic E-state index is 0.630. The minimum Gasteiger partial charge on any atom is -0.311 e. The number of thiophene rings is 1. The molecule has 0 spiro atoms. The molecule has 0 aliphatic heterocycles. The quantitative estimate of drug-likeness (QED) is 0.809. The molecule has 1 aromatic rings. The monoisotopic (exact) mass is 263 g/mol. The topological polar surface area (TPSA) is 12.0 Å². The molecule has 0 radical (unpaired) electrons. The van der Waals surface area contributed by atoms with Crippen molar-refractivity contribution in [1.29, 1.82) is 0 Å². The molecule has 2 fully saturated rings. The van der Waals surface area contributed by atoms with Crippen LogP contribution in [0.2, 0.25) is 0 Å². The Kier molecular flexibility index (Phi) is 4.05. The molecular weight excluding hydrogens is 238 g/mol. The van der Waals surface area contributed by atoms with Crippen molar-refractivity contribution in [2.45, 2.75) is 64.0 Å². The van der Waals surface area contributed by atoms with Gasteiger partial charge in [0.1, 0.15) is 0 Å². The van der Waals surface area contributed by atoms with E-state index in [1.54, 1.807) is 0 Å². The first-order valence-corrected chi connectivity index (χ1v) is 8.54. The van der Waals surface area contributed by atoms with E-state index in [4.69, 9.17) is 0 Å². The van der Waals surface area contributed by atoms with E-state index in [1.165, 1.54) is 50.5 Å². The molecule has 1 atom stereocenters. The summed E-state index contributed by atoms with van der Waals surface area (Å²) in [5, 5.41) is 8.45. The molecule has 0 aromatic carbocycles. The van der Waals surface area contributed by atoms with Crippen LogP contribution in [0.5, 0.6) is 0 Å². The Morgan fingerprint density at radius 2 is 1.89 bits per heavy atom. The van der Waals surface area contributed by atoms with Crippen LogP contribution in [-0.4, -0.2) is 12.1 Å². The zero-order valence-electron chi connectivity index (χ0n) is 11.4. The lowest BCUT2D eigenvalue weighted by Crippen LogP contribution is -2.50. The molecule has 100 valence electrons. The van der Waals surface area contributed by atoms with Gasteiger partial charge in [0, 0.05) is 12.1 Å². The summed E-state index contributed by atoms with van der Waals surface area (Å²) in [6.45, 7) is 2.36. The van der Waals surface area contributed by atoms with Crippen LogP contribution in [0.1, 0.15) is 51.0 Å². The Balaban J connectivity index is 1.54. The van der Waals surface area contributed by atoms with Gasteiger partial charge in [-0.15, -0.1) is 0 Å². The second kappa shape index (κ2) is 5.75. The predicted molar refractivity (Wildman–Crippen MR) is 79.1 cm³/mol. The third-order valence-corrected chi connectivity index (χ3v) is 5.65. The summed E-state index contributed by atoms with van der Waals surface area (Å²) in [7, 11) is 0. The number of rotatable bonds is 6. The summed E-state index contributed by atoms with van der Waals surface area (Å²) < 4.78 is 0. The summed E-state index contributed by atoms with van der Waals surface area (Å²) in [6.07, 6.45) is 10.0. The van der Waals surface area contributed by atoms with Gasteiger partial charge in [0.05, 0.1) is 0 Å². The first-order valence-electron chi connectivity index (χ1n) is 7.60. The molecular formula is C16H25NS. The molecule has 1 aromatic heterocycles. The third kappa shape index (κ3) is 2.80. The standard InChI is InChI=1S/C16H25NS/c1-12(10-13-8-9-18-11-13)17-16(14-4-2-5-14)15-6-3-7-15/h8-9,11-12,14-17H,2-7,10H2,1H3. The molecule has 1 unspecified atom stereocenters. The normalized spacial score (nSPS) is 22.8. The van der Waals surface area contributed by atoms with E-state index in [9.17, 15) is 0 Å². The van der Waals surface area contributed by atoms with Gasteiger partial charge < -0.3 is 5.32 Å². The highest BCUT2D eigenvalue weighted by molar-refractivity contribution is 7.07. The molecule has 0 saturated heterocycles. The predicted octanol–water partition coefficient (Wildman–Crippen LogP) is 4.24. The molecule has 18 heavy (non-hydrogen) atoms. The van der Waals surface area contributed by atoms with Gasteiger partial charge in [-0.2, -0.15) is 11.3 Å². The summed E-state index contributed by atoms with van der Waals surface area (Å²) in [5.74, 6) is 1.97. The van der Waals surface area contributed by atoms with Crippen molar-refractivity contribution in [3.05, 3.63) is 22.4 Å². The molecule has 1 nitrogen and oxygen atoms in total. The average molecular weight is 263 g/mol. The lowest BCUT2D eigenvalue weighted by atomic mass is 9.68. The molecule has 3 rings (SSSR count). The van der Waals surface area contributed by atoms with Crippen LogP contribution in [0, 0.1) is 11.8 Å². The van der Waals surface area contributed by atoms with Crippen molar-refractivity contribution in [2.24, 2.45) is 11.8 Å². The van der Waals surface area contributed by atoms with Gasteiger partial charge in [-0.1, -0.05) is 12.8 Å². The Morgan fingerprint density at radius 3 is 2.33 bits per heavy atom. The molecule has 1 heterocycles. The number of hydrogen-bond donors (Lipinski definition) is 1. The highest BCUT2D eigenvalue weighted by Crippen LogP contribution is 2.40. The van der Waals surface area contributed by atoms with Crippen LogP contribution in [0.3, 0.4) is 0 Å². The number of nitrogens with one attached hydrogen (secondary N) is 1. The fourth-order valence-electron chi connectivity index (χ4n) is 3.40. The van der Waals surface area contributed by atoms with Crippen molar-refractivity contribution >= 4 is 11.3 Å². The van der Waals surface area contributed by atoms with E-state index < -0.39 is 0 Å². The minimum atomic E-state index is 0.630. The van der Waals surface area contributed by atoms with Crippen LogP contribution in [0.15, 0.2) is 16.8 Å². The van der Waals surface area contributed by atoms with E-state index in [1.807, 2.05) is 11.3 Å². The molecule has 0 amide bonds. The van der Waals surface area contributed by atoms with Crippen molar-refractivity contribution in [1.82, 2.24) is 5.32 Å².